The number of hydrogen-bond acceptors (Lipinski definition) is 3. The Balaban J connectivity index is 1.67. The van der Waals surface area contributed by atoms with Crippen LogP contribution < -0.4 is 10.6 Å². The van der Waals surface area contributed by atoms with Crippen LogP contribution in [0.2, 0.25) is 0 Å². The Hall–Kier alpha value is -0.220. The first-order chi connectivity index (χ1) is 7.78. The van der Waals surface area contributed by atoms with Gasteiger partial charge in [0, 0.05) is 17.7 Å². The molecule has 2 rings (SSSR count). The topological polar surface area (TPSA) is 41.1 Å². The molecule has 2 fully saturated rings. The fourth-order valence-electron chi connectivity index (χ4n) is 2.72. The molecule has 3 unspecified atom stereocenters. The lowest BCUT2D eigenvalue weighted by Gasteiger charge is -2.14. The van der Waals surface area contributed by atoms with Crippen molar-refractivity contribution in [3.05, 3.63) is 0 Å². The summed E-state index contributed by atoms with van der Waals surface area (Å²) < 4.78 is 0. The smallest absolute Gasteiger partial charge is 0.220 e. The van der Waals surface area contributed by atoms with Gasteiger partial charge in [0.05, 0.1) is 0 Å². The average molecular weight is 242 g/mol. The number of amides is 1. The van der Waals surface area contributed by atoms with Crippen LogP contribution in [0.3, 0.4) is 0 Å². The maximum atomic E-state index is 11.8. The van der Waals surface area contributed by atoms with Crippen molar-refractivity contribution in [2.24, 2.45) is 5.92 Å². The fourth-order valence-corrected chi connectivity index (χ4v) is 3.52. The number of carbonyl (C=O) groups excluding carboxylic acids is 1. The van der Waals surface area contributed by atoms with E-state index in [1.807, 2.05) is 11.8 Å². The van der Waals surface area contributed by atoms with E-state index in [1.54, 1.807) is 0 Å². The molecule has 1 amide bonds. The minimum Gasteiger partial charge on any atom is -0.353 e. The summed E-state index contributed by atoms with van der Waals surface area (Å²) in [7, 11) is 0. The summed E-state index contributed by atoms with van der Waals surface area (Å²) >= 11 is 1.93. The van der Waals surface area contributed by atoms with Crippen molar-refractivity contribution < 1.29 is 4.79 Å². The monoisotopic (exact) mass is 242 g/mol. The highest BCUT2D eigenvalue weighted by atomic mass is 32.2. The zero-order valence-electron chi connectivity index (χ0n) is 10.00. The first kappa shape index (κ1) is 12.2. The summed E-state index contributed by atoms with van der Waals surface area (Å²) in [6, 6.07) is 0.444. The Morgan fingerprint density at radius 1 is 1.44 bits per heavy atom. The lowest BCUT2D eigenvalue weighted by Crippen LogP contribution is -2.34. The molecule has 0 aromatic heterocycles. The quantitative estimate of drug-likeness (QED) is 0.783. The minimum atomic E-state index is 0.264. The van der Waals surface area contributed by atoms with E-state index < -0.39 is 0 Å². The number of hydrogen-bond donors (Lipinski definition) is 2. The highest BCUT2D eigenvalue weighted by molar-refractivity contribution is 7.99. The van der Waals surface area contributed by atoms with Crippen molar-refractivity contribution in [3.8, 4) is 0 Å². The number of carbonyl (C=O) groups is 1. The van der Waals surface area contributed by atoms with Crippen LogP contribution in [-0.2, 0) is 4.79 Å². The van der Waals surface area contributed by atoms with Gasteiger partial charge in [-0.2, -0.15) is 11.8 Å². The van der Waals surface area contributed by atoms with Crippen molar-refractivity contribution in [3.63, 3.8) is 0 Å². The summed E-state index contributed by atoms with van der Waals surface area (Å²) in [5.74, 6) is 0.832. The highest BCUT2D eigenvalue weighted by Crippen LogP contribution is 2.28. The lowest BCUT2D eigenvalue weighted by molar-refractivity contribution is -0.122. The second kappa shape index (κ2) is 5.92. The molecule has 3 atom stereocenters. The Kier molecular flexibility index (Phi) is 4.53. The molecule has 2 aliphatic rings. The van der Waals surface area contributed by atoms with Crippen molar-refractivity contribution >= 4 is 17.7 Å². The van der Waals surface area contributed by atoms with Crippen LogP contribution in [0.5, 0.6) is 0 Å². The van der Waals surface area contributed by atoms with Gasteiger partial charge in [-0.15, -0.1) is 0 Å². The maximum absolute atomic E-state index is 11.8. The second-order valence-corrected chi connectivity index (χ2v) is 6.14. The van der Waals surface area contributed by atoms with Gasteiger partial charge in [0.15, 0.2) is 0 Å². The van der Waals surface area contributed by atoms with Crippen LogP contribution in [-0.4, -0.2) is 36.5 Å². The van der Waals surface area contributed by atoms with Crippen molar-refractivity contribution in [2.45, 2.75) is 43.4 Å². The molecule has 1 saturated carbocycles. The number of thioether (sulfide) groups is 1. The molecule has 92 valence electrons. The molecular formula is C12H22N2OS. The maximum Gasteiger partial charge on any atom is 0.220 e. The average Bonchev–Trinajstić information content (AvgIpc) is 2.89. The third kappa shape index (κ3) is 3.39. The fraction of sp³-hybridized carbons (Fsp3) is 0.917. The van der Waals surface area contributed by atoms with E-state index >= 15 is 0 Å². The Bertz CT molecular complexity index is 241. The summed E-state index contributed by atoms with van der Waals surface area (Å²) in [5, 5.41) is 7.26. The van der Waals surface area contributed by atoms with Gasteiger partial charge in [0.1, 0.15) is 0 Å². The van der Waals surface area contributed by atoms with E-state index in [0.29, 0.717) is 18.4 Å². The van der Waals surface area contributed by atoms with Crippen molar-refractivity contribution in [1.29, 1.82) is 0 Å². The summed E-state index contributed by atoms with van der Waals surface area (Å²) in [6.07, 6.45) is 7.63. The molecule has 1 aliphatic carbocycles. The molecule has 0 bridgehead atoms. The molecule has 0 aromatic rings. The Labute approximate surface area is 102 Å². The third-order valence-corrected chi connectivity index (χ3v) is 4.81. The van der Waals surface area contributed by atoms with E-state index in [9.17, 15) is 4.79 Å². The van der Waals surface area contributed by atoms with Gasteiger partial charge in [0.2, 0.25) is 5.91 Å². The van der Waals surface area contributed by atoms with Crippen LogP contribution in [0.4, 0.5) is 0 Å². The van der Waals surface area contributed by atoms with Crippen molar-refractivity contribution in [1.82, 2.24) is 10.6 Å². The zero-order valence-corrected chi connectivity index (χ0v) is 10.8. The Morgan fingerprint density at radius 3 is 2.94 bits per heavy atom. The Morgan fingerprint density at radius 2 is 2.31 bits per heavy atom. The minimum absolute atomic E-state index is 0.264. The van der Waals surface area contributed by atoms with Gasteiger partial charge >= 0.3 is 0 Å². The first-order valence-electron chi connectivity index (χ1n) is 6.31. The van der Waals surface area contributed by atoms with E-state index in [-0.39, 0.29) is 5.91 Å². The molecule has 1 aliphatic heterocycles. The van der Waals surface area contributed by atoms with Gasteiger partial charge in [-0.1, -0.05) is 0 Å². The van der Waals surface area contributed by atoms with Crippen LogP contribution in [0.15, 0.2) is 0 Å². The van der Waals surface area contributed by atoms with Gasteiger partial charge in [-0.25, -0.2) is 0 Å². The van der Waals surface area contributed by atoms with E-state index in [1.165, 1.54) is 12.8 Å². The van der Waals surface area contributed by atoms with E-state index in [2.05, 4.69) is 16.9 Å². The molecular weight excluding hydrogens is 220 g/mol. The molecule has 0 radical (unpaired) electrons. The van der Waals surface area contributed by atoms with Crippen LogP contribution >= 0.6 is 11.8 Å². The SMILES string of the molecule is CSC1CCC(NC(=O)CC2CCNC2)C1. The van der Waals surface area contributed by atoms with Gasteiger partial charge in [0.25, 0.3) is 0 Å². The standard InChI is InChI=1S/C12H22N2OS/c1-16-11-3-2-10(7-11)14-12(15)6-9-4-5-13-8-9/h9-11,13H,2-8H2,1H3,(H,14,15). The molecule has 4 heteroatoms. The van der Waals surface area contributed by atoms with Crippen molar-refractivity contribution in [2.75, 3.05) is 19.3 Å². The van der Waals surface area contributed by atoms with E-state index in [4.69, 9.17) is 0 Å². The summed E-state index contributed by atoms with van der Waals surface area (Å²) in [5.41, 5.74) is 0. The molecule has 1 saturated heterocycles. The normalized spacial score (nSPS) is 34.2. The third-order valence-electron chi connectivity index (χ3n) is 3.72. The van der Waals surface area contributed by atoms with E-state index in [0.717, 1.165) is 31.2 Å². The molecule has 0 aromatic carbocycles. The summed E-state index contributed by atoms with van der Waals surface area (Å²) in [4.78, 5) is 11.8. The van der Waals surface area contributed by atoms with Gasteiger partial charge in [-0.3, -0.25) is 4.79 Å². The largest absolute Gasteiger partial charge is 0.353 e. The zero-order chi connectivity index (χ0) is 11.4. The molecule has 1 heterocycles. The molecule has 3 nitrogen and oxygen atoms in total. The summed E-state index contributed by atoms with van der Waals surface area (Å²) in [6.45, 7) is 2.10. The van der Waals surface area contributed by atoms with Crippen LogP contribution in [0.25, 0.3) is 0 Å². The molecule has 16 heavy (non-hydrogen) atoms. The number of nitrogens with one attached hydrogen (secondary N) is 2. The first-order valence-corrected chi connectivity index (χ1v) is 7.59. The highest BCUT2D eigenvalue weighted by Gasteiger charge is 2.26. The van der Waals surface area contributed by atoms with Gasteiger partial charge < -0.3 is 10.6 Å². The molecule has 0 spiro atoms. The molecule has 2 N–H and O–H groups in total. The lowest BCUT2D eigenvalue weighted by atomic mass is 10.0. The van der Waals surface area contributed by atoms with Crippen LogP contribution in [0.1, 0.15) is 32.1 Å². The predicted molar refractivity (Wildman–Crippen MR) is 68.7 cm³/mol. The number of rotatable bonds is 4. The predicted octanol–water partition coefficient (Wildman–Crippen LogP) is 1.39. The van der Waals surface area contributed by atoms with Gasteiger partial charge in [-0.05, 0) is 50.9 Å². The van der Waals surface area contributed by atoms with Crippen LogP contribution in [0, 0.1) is 5.92 Å². The second-order valence-electron chi connectivity index (χ2n) is 5.00.